The molecule has 1 aromatic carbocycles. The fourth-order valence-electron chi connectivity index (χ4n) is 3.46. The number of carboxylic acids is 1. The molecule has 0 aliphatic heterocycles. The summed E-state index contributed by atoms with van der Waals surface area (Å²) in [6.07, 6.45) is 10.7. The number of aryl methyl sites for hydroxylation is 1. The molecule has 1 aliphatic rings. The molecule has 0 aromatic heterocycles. The van der Waals surface area contributed by atoms with E-state index in [9.17, 15) is 9.90 Å². The highest BCUT2D eigenvalue weighted by molar-refractivity contribution is 5.90. The Balaban J connectivity index is 2.29. The number of carbonyl (C=O) groups is 1. The number of rotatable bonds is 6. The molecule has 1 fully saturated rings. The highest BCUT2D eigenvalue weighted by atomic mass is 16.4. The summed E-state index contributed by atoms with van der Waals surface area (Å²) in [5.41, 5.74) is 2.98. The average molecular weight is 274 g/mol. The van der Waals surface area contributed by atoms with Gasteiger partial charge in [0.2, 0.25) is 0 Å². The second kappa shape index (κ2) is 7.47. The molecule has 0 atom stereocenters. The maximum Gasteiger partial charge on any atom is 0.335 e. The Labute approximate surface area is 122 Å². The Kier molecular flexibility index (Phi) is 5.63. The summed E-state index contributed by atoms with van der Waals surface area (Å²) in [4.78, 5) is 11.5. The number of unbranched alkanes of at least 4 members (excludes halogenated alkanes) is 2. The predicted molar refractivity (Wildman–Crippen MR) is 82.5 cm³/mol. The van der Waals surface area contributed by atoms with Gasteiger partial charge in [-0.3, -0.25) is 0 Å². The summed E-state index contributed by atoms with van der Waals surface area (Å²) < 4.78 is 0. The van der Waals surface area contributed by atoms with Crippen molar-refractivity contribution in [3.05, 3.63) is 34.9 Å². The second-order valence-electron chi connectivity index (χ2n) is 5.98. The Morgan fingerprint density at radius 2 is 1.95 bits per heavy atom. The number of benzene rings is 1. The SMILES string of the molecule is CCCCCc1cccc(C(=O)O)c1C1CCCCC1. The zero-order chi connectivity index (χ0) is 14.4. The maximum absolute atomic E-state index is 11.5. The van der Waals surface area contributed by atoms with Crippen molar-refractivity contribution in [1.29, 1.82) is 0 Å². The molecule has 2 nitrogen and oxygen atoms in total. The highest BCUT2D eigenvalue weighted by Gasteiger charge is 2.23. The summed E-state index contributed by atoms with van der Waals surface area (Å²) >= 11 is 0. The lowest BCUT2D eigenvalue weighted by molar-refractivity contribution is 0.0694. The average Bonchev–Trinajstić information content (AvgIpc) is 2.48. The van der Waals surface area contributed by atoms with Gasteiger partial charge in [-0.1, -0.05) is 51.2 Å². The summed E-state index contributed by atoms with van der Waals surface area (Å²) in [6.45, 7) is 2.20. The predicted octanol–water partition coefficient (Wildman–Crippen LogP) is 5.17. The first-order valence-corrected chi connectivity index (χ1v) is 8.09. The normalized spacial score (nSPS) is 16.2. The van der Waals surface area contributed by atoms with E-state index in [0.717, 1.165) is 24.8 Å². The molecule has 0 spiro atoms. The summed E-state index contributed by atoms with van der Waals surface area (Å²) in [5, 5.41) is 9.49. The van der Waals surface area contributed by atoms with E-state index in [1.165, 1.54) is 44.1 Å². The van der Waals surface area contributed by atoms with Crippen LogP contribution in [0.2, 0.25) is 0 Å². The van der Waals surface area contributed by atoms with Gasteiger partial charge in [0.15, 0.2) is 0 Å². The Morgan fingerprint density at radius 1 is 1.20 bits per heavy atom. The number of aromatic carboxylic acids is 1. The van der Waals surface area contributed by atoms with Gasteiger partial charge in [-0.25, -0.2) is 4.79 Å². The van der Waals surface area contributed by atoms with Gasteiger partial charge in [0.05, 0.1) is 5.56 Å². The van der Waals surface area contributed by atoms with Crippen molar-refractivity contribution in [2.45, 2.75) is 70.6 Å². The van der Waals surface area contributed by atoms with Crippen molar-refractivity contribution in [1.82, 2.24) is 0 Å². The Bertz CT molecular complexity index is 445. The van der Waals surface area contributed by atoms with Crippen molar-refractivity contribution in [2.75, 3.05) is 0 Å². The van der Waals surface area contributed by atoms with E-state index in [-0.39, 0.29) is 0 Å². The molecule has 1 aromatic rings. The van der Waals surface area contributed by atoms with Gasteiger partial charge >= 0.3 is 5.97 Å². The molecule has 1 N–H and O–H groups in total. The van der Waals surface area contributed by atoms with Crippen molar-refractivity contribution < 1.29 is 9.90 Å². The van der Waals surface area contributed by atoms with Crippen LogP contribution in [0.3, 0.4) is 0 Å². The van der Waals surface area contributed by atoms with Crippen molar-refractivity contribution in [2.24, 2.45) is 0 Å². The lowest BCUT2D eigenvalue weighted by Crippen LogP contribution is -2.13. The molecule has 1 aliphatic carbocycles. The van der Waals surface area contributed by atoms with Gasteiger partial charge in [-0.05, 0) is 48.8 Å². The van der Waals surface area contributed by atoms with E-state index in [2.05, 4.69) is 13.0 Å². The Hall–Kier alpha value is -1.31. The van der Waals surface area contributed by atoms with Gasteiger partial charge in [-0.15, -0.1) is 0 Å². The van der Waals surface area contributed by atoms with E-state index in [4.69, 9.17) is 0 Å². The third-order valence-electron chi connectivity index (χ3n) is 4.49. The fraction of sp³-hybridized carbons (Fsp3) is 0.611. The smallest absolute Gasteiger partial charge is 0.335 e. The lowest BCUT2D eigenvalue weighted by atomic mass is 9.79. The van der Waals surface area contributed by atoms with Crippen LogP contribution in [-0.2, 0) is 6.42 Å². The third-order valence-corrected chi connectivity index (χ3v) is 4.49. The van der Waals surface area contributed by atoms with E-state index in [1.54, 1.807) is 6.07 Å². The van der Waals surface area contributed by atoms with Crippen LogP contribution in [0.25, 0.3) is 0 Å². The molecule has 0 bridgehead atoms. The van der Waals surface area contributed by atoms with E-state index in [1.807, 2.05) is 6.07 Å². The Morgan fingerprint density at radius 3 is 2.60 bits per heavy atom. The van der Waals surface area contributed by atoms with Crippen LogP contribution in [0, 0.1) is 0 Å². The molecular formula is C18H26O2. The lowest BCUT2D eigenvalue weighted by Gasteiger charge is -2.26. The molecule has 2 rings (SSSR count). The van der Waals surface area contributed by atoms with Crippen LogP contribution in [0.5, 0.6) is 0 Å². The van der Waals surface area contributed by atoms with Gasteiger partial charge < -0.3 is 5.11 Å². The first kappa shape index (κ1) is 15.1. The largest absolute Gasteiger partial charge is 0.478 e. The number of carboxylic acid groups (broad SMARTS) is 1. The monoisotopic (exact) mass is 274 g/mol. The molecule has 0 amide bonds. The zero-order valence-corrected chi connectivity index (χ0v) is 12.5. The molecule has 1 saturated carbocycles. The molecule has 110 valence electrons. The molecular weight excluding hydrogens is 248 g/mol. The summed E-state index contributed by atoms with van der Waals surface area (Å²) in [5.74, 6) is -0.296. The molecule has 0 unspecified atom stereocenters. The molecule has 20 heavy (non-hydrogen) atoms. The highest BCUT2D eigenvalue weighted by Crippen LogP contribution is 2.37. The molecule has 2 heteroatoms. The van der Waals surface area contributed by atoms with E-state index < -0.39 is 5.97 Å². The molecule has 0 saturated heterocycles. The maximum atomic E-state index is 11.5. The van der Waals surface area contributed by atoms with Gasteiger partial charge in [0.1, 0.15) is 0 Å². The number of hydrogen-bond acceptors (Lipinski definition) is 1. The fourth-order valence-corrected chi connectivity index (χ4v) is 3.46. The zero-order valence-electron chi connectivity index (χ0n) is 12.5. The minimum absolute atomic E-state index is 0.465. The standard InChI is InChI=1S/C18H26O2/c1-2-3-5-9-15-12-8-13-16(18(19)20)17(15)14-10-6-4-7-11-14/h8,12-14H,2-7,9-11H2,1H3,(H,19,20). The second-order valence-corrected chi connectivity index (χ2v) is 5.98. The molecule has 0 heterocycles. The topological polar surface area (TPSA) is 37.3 Å². The summed E-state index contributed by atoms with van der Waals surface area (Å²) in [7, 11) is 0. The van der Waals surface area contributed by atoms with Gasteiger partial charge in [-0.2, -0.15) is 0 Å². The van der Waals surface area contributed by atoms with Crippen LogP contribution in [0.15, 0.2) is 18.2 Å². The van der Waals surface area contributed by atoms with E-state index >= 15 is 0 Å². The molecule has 0 radical (unpaired) electrons. The van der Waals surface area contributed by atoms with Gasteiger partial charge in [0.25, 0.3) is 0 Å². The minimum Gasteiger partial charge on any atom is -0.478 e. The third kappa shape index (κ3) is 3.62. The van der Waals surface area contributed by atoms with Gasteiger partial charge in [0, 0.05) is 0 Å². The van der Waals surface area contributed by atoms with Crippen LogP contribution >= 0.6 is 0 Å². The van der Waals surface area contributed by atoms with Crippen molar-refractivity contribution >= 4 is 5.97 Å². The first-order valence-electron chi connectivity index (χ1n) is 8.09. The van der Waals surface area contributed by atoms with Crippen molar-refractivity contribution in [3.8, 4) is 0 Å². The number of hydrogen-bond donors (Lipinski definition) is 1. The van der Waals surface area contributed by atoms with Crippen LogP contribution in [0.4, 0.5) is 0 Å². The van der Waals surface area contributed by atoms with Crippen LogP contribution in [-0.4, -0.2) is 11.1 Å². The minimum atomic E-state index is -0.761. The van der Waals surface area contributed by atoms with Crippen LogP contribution in [0.1, 0.15) is 85.7 Å². The van der Waals surface area contributed by atoms with Crippen molar-refractivity contribution in [3.63, 3.8) is 0 Å². The quantitative estimate of drug-likeness (QED) is 0.727. The first-order chi connectivity index (χ1) is 9.74. The summed E-state index contributed by atoms with van der Waals surface area (Å²) in [6, 6.07) is 5.85. The van der Waals surface area contributed by atoms with E-state index in [0.29, 0.717) is 11.5 Å². The van der Waals surface area contributed by atoms with Crippen LogP contribution < -0.4 is 0 Å².